The van der Waals surface area contributed by atoms with Gasteiger partial charge in [-0.15, -0.1) is 16.4 Å². The van der Waals surface area contributed by atoms with Crippen molar-refractivity contribution in [3.05, 3.63) is 65.8 Å². The summed E-state index contributed by atoms with van der Waals surface area (Å²) in [4.78, 5) is 15.5. The van der Waals surface area contributed by atoms with E-state index in [2.05, 4.69) is 20.4 Å². The number of H-pyrrole nitrogens is 1. The topological polar surface area (TPSA) is 91.8 Å². The van der Waals surface area contributed by atoms with E-state index >= 15 is 0 Å². The maximum atomic E-state index is 11.2. The van der Waals surface area contributed by atoms with Gasteiger partial charge in [-0.05, 0) is 11.1 Å². The first-order valence-electron chi connectivity index (χ1n) is 7.47. The van der Waals surface area contributed by atoms with E-state index in [1.807, 2.05) is 53.9 Å². The third-order valence-electron chi connectivity index (χ3n) is 3.82. The van der Waals surface area contributed by atoms with E-state index < -0.39 is 5.97 Å². The second-order valence-corrected chi connectivity index (χ2v) is 6.23. The van der Waals surface area contributed by atoms with E-state index in [1.54, 1.807) is 17.5 Å². The highest BCUT2D eigenvalue weighted by Crippen LogP contribution is 2.28. The summed E-state index contributed by atoms with van der Waals surface area (Å²) < 4.78 is 0. The van der Waals surface area contributed by atoms with Gasteiger partial charge in [-0.2, -0.15) is 0 Å². The van der Waals surface area contributed by atoms with Crippen LogP contribution in [0.4, 0.5) is 0 Å². The molecule has 2 heterocycles. The van der Waals surface area contributed by atoms with E-state index in [9.17, 15) is 4.79 Å². The molecule has 122 valence electrons. The summed E-state index contributed by atoms with van der Waals surface area (Å²) in [6, 6.07) is 15.7. The van der Waals surface area contributed by atoms with Crippen LogP contribution in [0.1, 0.15) is 10.5 Å². The van der Waals surface area contributed by atoms with E-state index in [1.165, 1.54) is 0 Å². The van der Waals surface area contributed by atoms with Gasteiger partial charge < -0.3 is 5.11 Å². The van der Waals surface area contributed by atoms with Gasteiger partial charge in [0.2, 0.25) is 0 Å². The Bertz CT molecular complexity index is 1010. The molecule has 0 atom stereocenters. The molecule has 4 rings (SSSR count). The summed E-state index contributed by atoms with van der Waals surface area (Å²) in [6.45, 7) is 0. The Morgan fingerprint density at radius 3 is 2.08 bits per heavy atom. The summed E-state index contributed by atoms with van der Waals surface area (Å²) in [6.07, 6.45) is 1.79. The van der Waals surface area contributed by atoms with Crippen LogP contribution in [0.5, 0.6) is 0 Å². The second kappa shape index (κ2) is 6.29. The van der Waals surface area contributed by atoms with Crippen LogP contribution in [-0.4, -0.2) is 31.5 Å². The fourth-order valence-corrected chi connectivity index (χ4v) is 3.22. The lowest BCUT2D eigenvalue weighted by Crippen LogP contribution is -1.99. The number of hydrogen-bond acceptors (Lipinski definition) is 5. The number of rotatable bonds is 4. The van der Waals surface area contributed by atoms with Gasteiger partial charge >= 0.3 is 5.97 Å². The molecule has 0 saturated heterocycles. The molecule has 0 amide bonds. The minimum Gasteiger partial charge on any atom is -0.476 e. The molecule has 25 heavy (non-hydrogen) atoms. The second-order valence-electron chi connectivity index (χ2n) is 5.33. The molecule has 0 unspecified atom stereocenters. The van der Waals surface area contributed by atoms with Crippen LogP contribution in [0.25, 0.3) is 33.0 Å². The molecule has 0 aliphatic heterocycles. The van der Waals surface area contributed by atoms with Gasteiger partial charge in [0.25, 0.3) is 0 Å². The van der Waals surface area contributed by atoms with Crippen LogP contribution in [0.15, 0.2) is 60.1 Å². The third-order valence-corrected chi connectivity index (χ3v) is 4.64. The Balaban J connectivity index is 1.62. The van der Waals surface area contributed by atoms with Crippen molar-refractivity contribution < 1.29 is 9.90 Å². The molecule has 6 nitrogen and oxygen atoms in total. The first-order valence-corrected chi connectivity index (χ1v) is 8.35. The smallest absolute Gasteiger partial charge is 0.356 e. The van der Waals surface area contributed by atoms with Gasteiger partial charge in [0.05, 0.1) is 0 Å². The first kappa shape index (κ1) is 15.2. The molecule has 2 N–H and O–H groups in total. The van der Waals surface area contributed by atoms with Crippen LogP contribution < -0.4 is 0 Å². The number of carboxylic acids is 1. The van der Waals surface area contributed by atoms with Crippen LogP contribution >= 0.6 is 11.3 Å². The Morgan fingerprint density at radius 2 is 1.52 bits per heavy atom. The average Bonchev–Trinajstić information content (AvgIpc) is 3.34. The quantitative estimate of drug-likeness (QED) is 0.582. The Morgan fingerprint density at radius 1 is 0.920 bits per heavy atom. The number of thiazole rings is 1. The number of aromatic carboxylic acids is 1. The molecule has 4 aromatic rings. The molecule has 0 aliphatic carbocycles. The van der Waals surface area contributed by atoms with Crippen molar-refractivity contribution >= 4 is 17.3 Å². The van der Waals surface area contributed by atoms with E-state index in [0.29, 0.717) is 11.3 Å². The zero-order chi connectivity index (χ0) is 17.2. The average molecular weight is 348 g/mol. The summed E-state index contributed by atoms with van der Waals surface area (Å²) in [5.41, 5.74) is 4.22. The Kier molecular flexibility index (Phi) is 3.83. The molecule has 2 aromatic carbocycles. The summed E-state index contributed by atoms with van der Waals surface area (Å²) in [5.74, 6) is -1.08. The summed E-state index contributed by atoms with van der Waals surface area (Å²) in [7, 11) is 0. The molecule has 0 spiro atoms. The molecule has 2 aromatic heterocycles. The highest BCUT2D eigenvalue weighted by atomic mass is 32.1. The van der Waals surface area contributed by atoms with Crippen LogP contribution in [-0.2, 0) is 0 Å². The minimum atomic E-state index is -1.08. The number of aromatic amines is 1. The third kappa shape index (κ3) is 2.92. The molecule has 0 bridgehead atoms. The lowest BCUT2D eigenvalue weighted by atomic mass is 10.0. The number of nitrogens with zero attached hydrogens (tertiary/aromatic N) is 3. The standard InChI is InChI=1S/C18H12N4O2S/c23-18(24)16-15(20-22-21-16)13-5-1-11(2-6-13)12-3-7-14(8-4-12)17-19-9-10-25-17/h1-10H,(H,23,24)(H,20,21,22). The van der Waals surface area contributed by atoms with Crippen molar-refractivity contribution in [1.82, 2.24) is 20.4 Å². The normalized spacial score (nSPS) is 10.7. The molecule has 0 radical (unpaired) electrons. The molecular weight excluding hydrogens is 336 g/mol. The molecule has 0 saturated carbocycles. The lowest BCUT2D eigenvalue weighted by molar-refractivity contribution is 0.0691. The van der Waals surface area contributed by atoms with Crippen molar-refractivity contribution in [2.45, 2.75) is 0 Å². The molecule has 0 aliphatic rings. The fraction of sp³-hybridized carbons (Fsp3) is 0. The van der Waals surface area contributed by atoms with E-state index in [4.69, 9.17) is 5.11 Å². The van der Waals surface area contributed by atoms with E-state index in [-0.39, 0.29) is 5.69 Å². The molecule has 7 heteroatoms. The van der Waals surface area contributed by atoms with Gasteiger partial charge in [0.1, 0.15) is 10.7 Å². The number of hydrogen-bond donors (Lipinski definition) is 2. The molecular formula is C18H12N4O2S. The van der Waals surface area contributed by atoms with Crippen molar-refractivity contribution in [3.8, 4) is 33.0 Å². The van der Waals surface area contributed by atoms with Crippen molar-refractivity contribution in [3.63, 3.8) is 0 Å². The van der Waals surface area contributed by atoms with Crippen molar-refractivity contribution in [2.24, 2.45) is 0 Å². The lowest BCUT2D eigenvalue weighted by Gasteiger charge is -2.05. The van der Waals surface area contributed by atoms with Gasteiger partial charge in [-0.25, -0.2) is 9.78 Å². The van der Waals surface area contributed by atoms with Crippen LogP contribution in [0, 0.1) is 0 Å². The van der Waals surface area contributed by atoms with Crippen LogP contribution in [0.2, 0.25) is 0 Å². The summed E-state index contributed by atoms with van der Waals surface area (Å²) in [5, 5.41) is 21.9. The fourth-order valence-electron chi connectivity index (χ4n) is 2.57. The van der Waals surface area contributed by atoms with Gasteiger partial charge in [0, 0.05) is 22.7 Å². The number of carbonyl (C=O) groups is 1. The molecule has 0 fully saturated rings. The van der Waals surface area contributed by atoms with Crippen LogP contribution in [0.3, 0.4) is 0 Å². The number of aromatic nitrogens is 4. The summed E-state index contributed by atoms with van der Waals surface area (Å²) >= 11 is 1.61. The van der Waals surface area contributed by atoms with Crippen molar-refractivity contribution in [2.75, 3.05) is 0 Å². The zero-order valence-electron chi connectivity index (χ0n) is 12.9. The zero-order valence-corrected chi connectivity index (χ0v) is 13.7. The van der Waals surface area contributed by atoms with Crippen molar-refractivity contribution in [1.29, 1.82) is 0 Å². The monoisotopic (exact) mass is 348 g/mol. The Labute approximate surface area is 146 Å². The predicted octanol–water partition coefficient (Wildman–Crippen LogP) is 3.96. The highest BCUT2D eigenvalue weighted by Gasteiger charge is 2.15. The highest BCUT2D eigenvalue weighted by molar-refractivity contribution is 7.13. The van der Waals surface area contributed by atoms with Gasteiger partial charge in [-0.3, -0.25) is 5.10 Å². The predicted molar refractivity (Wildman–Crippen MR) is 95.3 cm³/mol. The minimum absolute atomic E-state index is 0.0134. The van der Waals surface area contributed by atoms with Gasteiger partial charge in [0.15, 0.2) is 5.69 Å². The Hall–Kier alpha value is -3.32. The van der Waals surface area contributed by atoms with E-state index in [0.717, 1.165) is 21.7 Å². The SMILES string of the molecule is O=C(O)c1[nH]nnc1-c1ccc(-c2ccc(-c3nccs3)cc2)cc1. The number of benzene rings is 2. The number of carboxylic acid groups (broad SMARTS) is 1. The van der Waals surface area contributed by atoms with Gasteiger partial charge in [-0.1, -0.05) is 53.7 Å². The largest absolute Gasteiger partial charge is 0.476 e. The first-order chi connectivity index (χ1) is 12.2. The maximum Gasteiger partial charge on any atom is 0.356 e. The maximum absolute atomic E-state index is 11.2. The number of nitrogens with one attached hydrogen (secondary N) is 1.